The number of furan rings is 1. The number of hydrogen-bond donors (Lipinski definition) is 1. The van der Waals surface area contributed by atoms with Crippen LogP contribution in [0.5, 0.6) is 0 Å². The summed E-state index contributed by atoms with van der Waals surface area (Å²) in [5.74, 6) is 1.03. The van der Waals surface area contributed by atoms with Crippen molar-refractivity contribution >= 4 is 0 Å². The van der Waals surface area contributed by atoms with Crippen LogP contribution in [0.3, 0.4) is 0 Å². The Morgan fingerprint density at radius 3 is 2.87 bits per heavy atom. The standard InChI is InChI=1S/C12H22N2O/c1-3-11(2)14(8-5-7-13)10-12-6-4-9-15-12/h4,6,9,11H,3,5,7-8,10,13H2,1-2H3. The molecule has 0 radical (unpaired) electrons. The lowest BCUT2D eigenvalue weighted by molar-refractivity contribution is 0.179. The van der Waals surface area contributed by atoms with Crippen molar-refractivity contribution in [3.8, 4) is 0 Å². The second kappa shape index (κ2) is 6.64. The van der Waals surface area contributed by atoms with Gasteiger partial charge in [0.05, 0.1) is 12.8 Å². The van der Waals surface area contributed by atoms with Crippen LogP contribution < -0.4 is 5.73 Å². The van der Waals surface area contributed by atoms with E-state index in [2.05, 4.69) is 18.7 Å². The maximum atomic E-state index is 5.54. The van der Waals surface area contributed by atoms with Gasteiger partial charge < -0.3 is 10.2 Å². The van der Waals surface area contributed by atoms with E-state index in [1.54, 1.807) is 6.26 Å². The van der Waals surface area contributed by atoms with E-state index >= 15 is 0 Å². The smallest absolute Gasteiger partial charge is 0.117 e. The Hall–Kier alpha value is -0.800. The van der Waals surface area contributed by atoms with Crippen LogP contribution in [0.4, 0.5) is 0 Å². The van der Waals surface area contributed by atoms with Crippen LogP contribution in [0.2, 0.25) is 0 Å². The van der Waals surface area contributed by atoms with Gasteiger partial charge >= 0.3 is 0 Å². The zero-order valence-corrected chi connectivity index (χ0v) is 9.78. The maximum Gasteiger partial charge on any atom is 0.117 e. The zero-order chi connectivity index (χ0) is 11.1. The molecule has 15 heavy (non-hydrogen) atoms. The monoisotopic (exact) mass is 210 g/mol. The number of hydrogen-bond acceptors (Lipinski definition) is 3. The average molecular weight is 210 g/mol. The molecule has 1 aromatic heterocycles. The van der Waals surface area contributed by atoms with Gasteiger partial charge in [-0.1, -0.05) is 6.92 Å². The minimum Gasteiger partial charge on any atom is -0.468 e. The van der Waals surface area contributed by atoms with Crippen LogP contribution in [0, 0.1) is 0 Å². The molecule has 0 saturated heterocycles. The van der Waals surface area contributed by atoms with Gasteiger partial charge in [-0.3, -0.25) is 4.90 Å². The van der Waals surface area contributed by atoms with Crippen molar-refractivity contribution in [3.63, 3.8) is 0 Å². The number of nitrogens with two attached hydrogens (primary N) is 1. The summed E-state index contributed by atoms with van der Waals surface area (Å²) in [4.78, 5) is 2.42. The molecule has 0 aliphatic carbocycles. The van der Waals surface area contributed by atoms with E-state index in [-0.39, 0.29) is 0 Å². The molecule has 1 aromatic rings. The van der Waals surface area contributed by atoms with Gasteiger partial charge in [0.25, 0.3) is 0 Å². The molecule has 0 bridgehead atoms. The Morgan fingerprint density at radius 1 is 1.53 bits per heavy atom. The molecular formula is C12H22N2O. The number of rotatable bonds is 7. The quantitative estimate of drug-likeness (QED) is 0.750. The van der Waals surface area contributed by atoms with Crippen molar-refractivity contribution in [2.45, 2.75) is 39.3 Å². The van der Waals surface area contributed by atoms with Crippen molar-refractivity contribution < 1.29 is 4.42 Å². The predicted molar refractivity (Wildman–Crippen MR) is 62.5 cm³/mol. The van der Waals surface area contributed by atoms with Crippen LogP contribution >= 0.6 is 0 Å². The summed E-state index contributed by atoms with van der Waals surface area (Å²) in [5, 5.41) is 0. The van der Waals surface area contributed by atoms with Gasteiger partial charge in [-0.2, -0.15) is 0 Å². The van der Waals surface area contributed by atoms with Gasteiger partial charge in [-0.15, -0.1) is 0 Å². The molecule has 1 atom stereocenters. The van der Waals surface area contributed by atoms with Crippen LogP contribution in [0.25, 0.3) is 0 Å². The number of nitrogens with zero attached hydrogens (tertiary/aromatic N) is 1. The van der Waals surface area contributed by atoms with Crippen molar-refractivity contribution in [3.05, 3.63) is 24.2 Å². The van der Waals surface area contributed by atoms with Gasteiger partial charge in [-0.05, 0) is 38.4 Å². The maximum absolute atomic E-state index is 5.54. The topological polar surface area (TPSA) is 42.4 Å². The van der Waals surface area contributed by atoms with Gasteiger partial charge in [0.15, 0.2) is 0 Å². The summed E-state index contributed by atoms with van der Waals surface area (Å²) < 4.78 is 5.37. The highest BCUT2D eigenvalue weighted by molar-refractivity contribution is 4.98. The third-order valence-corrected chi connectivity index (χ3v) is 2.80. The molecule has 3 nitrogen and oxygen atoms in total. The summed E-state index contributed by atoms with van der Waals surface area (Å²) in [6, 6.07) is 4.55. The molecule has 0 aliphatic heterocycles. The second-order valence-corrected chi connectivity index (χ2v) is 3.95. The summed E-state index contributed by atoms with van der Waals surface area (Å²) >= 11 is 0. The lowest BCUT2D eigenvalue weighted by Crippen LogP contribution is -2.33. The molecule has 1 unspecified atom stereocenters. The summed E-state index contributed by atoms with van der Waals surface area (Å²) in [6.45, 7) is 7.15. The van der Waals surface area contributed by atoms with Gasteiger partial charge in [0, 0.05) is 12.6 Å². The fraction of sp³-hybridized carbons (Fsp3) is 0.667. The molecule has 1 heterocycles. The molecule has 0 saturated carbocycles. The van der Waals surface area contributed by atoms with E-state index in [1.165, 1.54) is 0 Å². The summed E-state index contributed by atoms with van der Waals surface area (Å²) in [6.07, 6.45) is 3.93. The lowest BCUT2D eigenvalue weighted by atomic mass is 10.2. The lowest BCUT2D eigenvalue weighted by Gasteiger charge is -2.27. The minimum atomic E-state index is 0.585. The zero-order valence-electron chi connectivity index (χ0n) is 9.78. The fourth-order valence-corrected chi connectivity index (χ4v) is 1.61. The van der Waals surface area contributed by atoms with E-state index in [0.29, 0.717) is 6.04 Å². The van der Waals surface area contributed by atoms with E-state index < -0.39 is 0 Å². The van der Waals surface area contributed by atoms with E-state index in [1.807, 2.05) is 12.1 Å². The van der Waals surface area contributed by atoms with E-state index in [0.717, 1.165) is 38.2 Å². The average Bonchev–Trinajstić information content (AvgIpc) is 2.75. The van der Waals surface area contributed by atoms with Gasteiger partial charge in [-0.25, -0.2) is 0 Å². The highest BCUT2D eigenvalue weighted by Crippen LogP contribution is 2.11. The molecular weight excluding hydrogens is 188 g/mol. The van der Waals surface area contributed by atoms with Gasteiger partial charge in [0.1, 0.15) is 5.76 Å². The van der Waals surface area contributed by atoms with Crippen LogP contribution in [-0.2, 0) is 6.54 Å². The molecule has 86 valence electrons. The normalized spacial score (nSPS) is 13.3. The molecule has 0 amide bonds. The van der Waals surface area contributed by atoms with Crippen molar-refractivity contribution in [2.24, 2.45) is 5.73 Å². The first kappa shape index (κ1) is 12.3. The highest BCUT2D eigenvalue weighted by atomic mass is 16.3. The molecule has 0 spiro atoms. The predicted octanol–water partition coefficient (Wildman–Crippen LogP) is 2.23. The van der Waals surface area contributed by atoms with Crippen LogP contribution in [-0.4, -0.2) is 24.0 Å². The van der Waals surface area contributed by atoms with Crippen molar-refractivity contribution in [2.75, 3.05) is 13.1 Å². The van der Waals surface area contributed by atoms with Crippen molar-refractivity contribution in [1.29, 1.82) is 0 Å². The Labute approximate surface area is 92.2 Å². The largest absolute Gasteiger partial charge is 0.468 e. The van der Waals surface area contributed by atoms with E-state index in [9.17, 15) is 0 Å². The molecule has 0 fully saturated rings. The third-order valence-electron chi connectivity index (χ3n) is 2.80. The SMILES string of the molecule is CCC(C)N(CCCN)Cc1ccco1. The Bertz CT molecular complexity index is 246. The summed E-state index contributed by atoms with van der Waals surface area (Å²) in [7, 11) is 0. The fourth-order valence-electron chi connectivity index (χ4n) is 1.61. The third kappa shape index (κ3) is 4.06. The van der Waals surface area contributed by atoms with Crippen molar-refractivity contribution in [1.82, 2.24) is 4.90 Å². The minimum absolute atomic E-state index is 0.585. The Balaban J connectivity index is 2.48. The molecule has 1 rings (SSSR count). The van der Waals surface area contributed by atoms with Crippen LogP contribution in [0.1, 0.15) is 32.4 Å². The highest BCUT2D eigenvalue weighted by Gasteiger charge is 2.12. The second-order valence-electron chi connectivity index (χ2n) is 3.95. The molecule has 0 aromatic carbocycles. The van der Waals surface area contributed by atoms with Gasteiger partial charge in [0.2, 0.25) is 0 Å². The Kier molecular flexibility index (Phi) is 5.43. The molecule has 2 N–H and O–H groups in total. The molecule has 0 aliphatic rings. The first-order chi connectivity index (χ1) is 7.27. The van der Waals surface area contributed by atoms with Crippen LogP contribution in [0.15, 0.2) is 22.8 Å². The first-order valence-electron chi connectivity index (χ1n) is 5.74. The summed E-state index contributed by atoms with van der Waals surface area (Å²) in [5.41, 5.74) is 5.54. The first-order valence-corrected chi connectivity index (χ1v) is 5.74. The van der Waals surface area contributed by atoms with E-state index in [4.69, 9.17) is 10.2 Å². The molecule has 3 heteroatoms. The Morgan fingerprint density at radius 2 is 2.33 bits per heavy atom.